The van der Waals surface area contributed by atoms with E-state index in [0.29, 0.717) is 0 Å². The van der Waals surface area contributed by atoms with E-state index in [1.54, 1.807) is 0 Å². The zero-order valence-corrected chi connectivity index (χ0v) is 8.37. The van der Waals surface area contributed by atoms with E-state index in [-0.39, 0.29) is 5.92 Å². The van der Waals surface area contributed by atoms with Gasteiger partial charge < -0.3 is 25.2 Å². The predicted octanol–water partition coefficient (Wildman–Crippen LogP) is -1.31. The first kappa shape index (κ1) is 11.9. The second-order valence-electron chi connectivity index (χ2n) is 4.05. The van der Waals surface area contributed by atoms with Gasteiger partial charge in [-0.3, -0.25) is 0 Å². The lowest BCUT2D eigenvalue weighted by Crippen LogP contribution is -2.56. The maximum Gasteiger partial charge on any atom is 0.160 e. The Kier molecular flexibility index (Phi) is 3.86. The number of aliphatic hydroxyl groups excluding tert-OH is 4. The van der Waals surface area contributed by atoms with Crippen LogP contribution in [0.3, 0.4) is 0 Å². The molecule has 5 nitrogen and oxygen atoms in total. The Labute approximate surface area is 82.9 Å². The molecule has 4 N–H and O–H groups in total. The SMILES string of the molecule is CC(C)[C@H]1[C@H](O)[C@H](O)[C@H](CO)O[C@H]1O. The molecule has 1 heterocycles. The molecule has 5 atom stereocenters. The molecule has 0 aromatic carbocycles. The van der Waals surface area contributed by atoms with Crippen molar-refractivity contribution < 1.29 is 25.2 Å². The highest BCUT2D eigenvalue weighted by atomic mass is 16.6. The molecule has 1 rings (SSSR count). The lowest BCUT2D eigenvalue weighted by molar-refractivity contribution is -0.277. The summed E-state index contributed by atoms with van der Waals surface area (Å²) in [5.41, 5.74) is 0. The first-order chi connectivity index (χ1) is 6.49. The maximum atomic E-state index is 9.68. The number of hydrogen-bond donors (Lipinski definition) is 4. The Bertz CT molecular complexity index is 184. The quantitative estimate of drug-likeness (QED) is 0.450. The minimum atomic E-state index is -1.14. The molecule has 0 bridgehead atoms. The van der Waals surface area contributed by atoms with Crippen LogP contribution >= 0.6 is 0 Å². The highest BCUT2D eigenvalue weighted by Crippen LogP contribution is 2.30. The average molecular weight is 206 g/mol. The molecule has 14 heavy (non-hydrogen) atoms. The summed E-state index contributed by atoms with van der Waals surface area (Å²) in [6, 6.07) is 0. The van der Waals surface area contributed by atoms with Crippen LogP contribution in [-0.2, 0) is 4.74 Å². The molecular weight excluding hydrogens is 188 g/mol. The van der Waals surface area contributed by atoms with E-state index in [9.17, 15) is 15.3 Å². The van der Waals surface area contributed by atoms with E-state index < -0.39 is 37.1 Å². The van der Waals surface area contributed by atoms with Gasteiger partial charge in [-0.15, -0.1) is 0 Å². The molecule has 0 saturated carbocycles. The molecule has 0 spiro atoms. The van der Waals surface area contributed by atoms with Crippen LogP contribution < -0.4 is 0 Å². The zero-order valence-electron chi connectivity index (χ0n) is 8.37. The predicted molar refractivity (Wildman–Crippen MR) is 48.3 cm³/mol. The molecule has 84 valence electrons. The van der Waals surface area contributed by atoms with Gasteiger partial charge in [0.05, 0.1) is 12.7 Å². The molecule has 5 heteroatoms. The molecule has 1 aliphatic heterocycles. The van der Waals surface area contributed by atoms with Crippen LogP contribution in [0.2, 0.25) is 0 Å². The lowest BCUT2D eigenvalue weighted by atomic mass is 9.83. The smallest absolute Gasteiger partial charge is 0.160 e. The van der Waals surface area contributed by atoms with Crippen LogP contribution in [-0.4, -0.2) is 51.6 Å². The normalized spacial score (nSPS) is 44.4. The fraction of sp³-hybridized carbons (Fsp3) is 1.00. The standard InChI is InChI=1S/C9H18O5/c1-4(2)6-8(12)7(11)5(3-10)14-9(6)13/h4-13H,3H2,1-2H3/t5-,6-,7+,8-,9+/m0/s1. The topological polar surface area (TPSA) is 90.2 Å². The highest BCUT2D eigenvalue weighted by molar-refractivity contribution is 4.89. The van der Waals surface area contributed by atoms with Crippen molar-refractivity contribution in [2.24, 2.45) is 11.8 Å². The van der Waals surface area contributed by atoms with Crippen molar-refractivity contribution in [1.29, 1.82) is 0 Å². The summed E-state index contributed by atoms with van der Waals surface area (Å²) in [6.45, 7) is 3.24. The third-order valence-electron chi connectivity index (χ3n) is 2.72. The van der Waals surface area contributed by atoms with E-state index in [4.69, 9.17) is 9.84 Å². The summed E-state index contributed by atoms with van der Waals surface area (Å²) < 4.78 is 4.99. The fourth-order valence-corrected chi connectivity index (χ4v) is 1.84. The summed E-state index contributed by atoms with van der Waals surface area (Å²) in [6.07, 6.45) is -4.24. The molecule has 0 aromatic rings. The molecule has 0 amide bonds. The van der Waals surface area contributed by atoms with Gasteiger partial charge in [-0.1, -0.05) is 13.8 Å². The van der Waals surface area contributed by atoms with E-state index in [2.05, 4.69) is 0 Å². The second-order valence-corrected chi connectivity index (χ2v) is 4.05. The number of aliphatic hydroxyl groups is 4. The van der Waals surface area contributed by atoms with Crippen LogP contribution in [0.25, 0.3) is 0 Å². The molecule has 0 unspecified atom stereocenters. The second kappa shape index (κ2) is 4.55. The van der Waals surface area contributed by atoms with Gasteiger partial charge >= 0.3 is 0 Å². The number of hydrogen-bond acceptors (Lipinski definition) is 5. The van der Waals surface area contributed by atoms with Crippen molar-refractivity contribution in [2.75, 3.05) is 6.61 Å². The van der Waals surface area contributed by atoms with E-state index in [1.165, 1.54) is 0 Å². The summed E-state index contributed by atoms with van der Waals surface area (Å²) in [5.74, 6) is -0.526. The van der Waals surface area contributed by atoms with Gasteiger partial charge in [-0.05, 0) is 5.92 Å². The van der Waals surface area contributed by atoms with Gasteiger partial charge in [-0.2, -0.15) is 0 Å². The number of ether oxygens (including phenoxy) is 1. The zero-order chi connectivity index (χ0) is 10.9. The monoisotopic (exact) mass is 206 g/mol. The Morgan fingerprint density at radius 1 is 1.14 bits per heavy atom. The first-order valence-corrected chi connectivity index (χ1v) is 4.79. The Morgan fingerprint density at radius 3 is 2.14 bits per heavy atom. The summed E-state index contributed by atoms with van der Waals surface area (Å²) in [4.78, 5) is 0. The Hall–Kier alpha value is -0.200. The van der Waals surface area contributed by atoms with Gasteiger partial charge in [0.25, 0.3) is 0 Å². The maximum absolute atomic E-state index is 9.68. The lowest BCUT2D eigenvalue weighted by Gasteiger charge is -2.41. The van der Waals surface area contributed by atoms with Gasteiger partial charge in [0.15, 0.2) is 6.29 Å². The van der Waals surface area contributed by atoms with Crippen LogP contribution in [0.4, 0.5) is 0 Å². The molecule has 1 aliphatic rings. The first-order valence-electron chi connectivity index (χ1n) is 4.79. The molecule has 0 aromatic heterocycles. The highest BCUT2D eigenvalue weighted by Gasteiger charge is 2.44. The largest absolute Gasteiger partial charge is 0.394 e. The van der Waals surface area contributed by atoms with Crippen molar-refractivity contribution in [1.82, 2.24) is 0 Å². The third kappa shape index (κ3) is 2.07. The van der Waals surface area contributed by atoms with Crippen molar-refractivity contribution in [2.45, 2.75) is 38.4 Å². The van der Waals surface area contributed by atoms with Crippen LogP contribution in [0.15, 0.2) is 0 Å². The van der Waals surface area contributed by atoms with E-state index in [1.807, 2.05) is 13.8 Å². The van der Waals surface area contributed by atoms with Crippen LogP contribution in [0, 0.1) is 11.8 Å². The van der Waals surface area contributed by atoms with Crippen molar-refractivity contribution in [3.8, 4) is 0 Å². The molecule has 1 fully saturated rings. The van der Waals surface area contributed by atoms with Gasteiger partial charge in [-0.25, -0.2) is 0 Å². The summed E-state index contributed by atoms with van der Waals surface area (Å²) >= 11 is 0. The average Bonchev–Trinajstić information content (AvgIpc) is 2.10. The minimum Gasteiger partial charge on any atom is -0.394 e. The number of rotatable bonds is 2. The fourth-order valence-electron chi connectivity index (χ4n) is 1.84. The summed E-state index contributed by atoms with van der Waals surface area (Å²) in [5, 5.41) is 37.5. The van der Waals surface area contributed by atoms with Crippen molar-refractivity contribution in [3.05, 3.63) is 0 Å². The van der Waals surface area contributed by atoms with E-state index >= 15 is 0 Å². The van der Waals surface area contributed by atoms with E-state index in [0.717, 1.165) is 0 Å². The van der Waals surface area contributed by atoms with Crippen molar-refractivity contribution in [3.63, 3.8) is 0 Å². The van der Waals surface area contributed by atoms with Gasteiger partial charge in [0.1, 0.15) is 12.2 Å². The molecule has 1 saturated heterocycles. The Morgan fingerprint density at radius 2 is 1.71 bits per heavy atom. The van der Waals surface area contributed by atoms with Crippen molar-refractivity contribution >= 4 is 0 Å². The molecule has 0 aliphatic carbocycles. The molecular formula is C9H18O5. The van der Waals surface area contributed by atoms with Crippen LogP contribution in [0.1, 0.15) is 13.8 Å². The Balaban J connectivity index is 2.74. The molecule has 0 radical (unpaired) electrons. The third-order valence-corrected chi connectivity index (χ3v) is 2.72. The van der Waals surface area contributed by atoms with Gasteiger partial charge in [0, 0.05) is 5.92 Å². The minimum absolute atomic E-state index is 0.00528. The van der Waals surface area contributed by atoms with Gasteiger partial charge in [0.2, 0.25) is 0 Å². The summed E-state index contributed by atoms with van der Waals surface area (Å²) in [7, 11) is 0. The van der Waals surface area contributed by atoms with Crippen LogP contribution in [0.5, 0.6) is 0 Å².